The molecule has 3 heteroatoms. The lowest BCUT2D eigenvalue weighted by molar-refractivity contribution is -0.385. The highest BCUT2D eigenvalue weighted by Gasteiger charge is 2.08. The number of nitrogens with zero attached hydrogens (tertiary/aromatic N) is 1. The van der Waals surface area contributed by atoms with Crippen LogP contribution >= 0.6 is 0 Å². The molecule has 0 aliphatic rings. The molecule has 0 spiro atoms. The van der Waals surface area contributed by atoms with Gasteiger partial charge in [0.25, 0.3) is 5.69 Å². The number of aryl methyl sites for hydroxylation is 1. The van der Waals surface area contributed by atoms with Crippen LogP contribution in [0, 0.1) is 24.0 Å². The largest absolute Gasteiger partial charge is 0.272 e. The highest BCUT2D eigenvalue weighted by Crippen LogP contribution is 2.18. The second-order valence-corrected chi connectivity index (χ2v) is 2.63. The van der Waals surface area contributed by atoms with E-state index in [1.807, 2.05) is 0 Å². The molecular formula is C9H10NO2. The van der Waals surface area contributed by atoms with Gasteiger partial charge in [-0.2, -0.15) is 0 Å². The van der Waals surface area contributed by atoms with Crippen LogP contribution in [0.3, 0.4) is 0 Å². The minimum atomic E-state index is -0.373. The van der Waals surface area contributed by atoms with E-state index in [9.17, 15) is 10.1 Å². The van der Waals surface area contributed by atoms with Gasteiger partial charge < -0.3 is 0 Å². The molecule has 3 nitrogen and oxygen atoms in total. The number of nitro benzene ring substituents is 1. The van der Waals surface area contributed by atoms with E-state index in [0.29, 0.717) is 12.0 Å². The Morgan fingerprint density at radius 2 is 2.25 bits per heavy atom. The Kier molecular flexibility index (Phi) is 2.43. The van der Waals surface area contributed by atoms with Crippen LogP contribution in [0.5, 0.6) is 0 Å². The molecule has 0 aromatic heterocycles. The summed E-state index contributed by atoms with van der Waals surface area (Å²) < 4.78 is 0. The molecule has 0 atom stereocenters. The third-order valence-electron chi connectivity index (χ3n) is 1.75. The van der Waals surface area contributed by atoms with E-state index in [2.05, 4.69) is 6.92 Å². The molecule has 1 rings (SSSR count). The standard InChI is InChI=1S/C9H10NO2/c1-3-8-4-5-9(10(11)12)7(2)6-8/h4-6H,1,3H2,2H3. The summed E-state index contributed by atoms with van der Waals surface area (Å²) >= 11 is 0. The number of benzene rings is 1. The van der Waals surface area contributed by atoms with Gasteiger partial charge >= 0.3 is 0 Å². The fourth-order valence-corrected chi connectivity index (χ4v) is 1.08. The molecule has 0 aliphatic carbocycles. The van der Waals surface area contributed by atoms with E-state index < -0.39 is 0 Å². The van der Waals surface area contributed by atoms with E-state index in [-0.39, 0.29) is 10.6 Å². The van der Waals surface area contributed by atoms with Crippen LogP contribution in [0.25, 0.3) is 0 Å². The summed E-state index contributed by atoms with van der Waals surface area (Å²) in [5.41, 5.74) is 1.89. The smallest absolute Gasteiger partial charge is 0.258 e. The lowest BCUT2D eigenvalue weighted by Gasteiger charge is -1.99. The molecule has 0 amide bonds. The number of hydrogen-bond donors (Lipinski definition) is 0. The van der Waals surface area contributed by atoms with Crippen LogP contribution < -0.4 is 0 Å². The lowest BCUT2D eigenvalue weighted by atomic mass is 10.1. The molecule has 0 N–H and O–H groups in total. The average Bonchev–Trinajstić information content (AvgIpc) is 2.03. The zero-order chi connectivity index (χ0) is 9.14. The van der Waals surface area contributed by atoms with Crippen molar-refractivity contribution in [3.63, 3.8) is 0 Å². The van der Waals surface area contributed by atoms with Crippen molar-refractivity contribution in [3.05, 3.63) is 46.4 Å². The molecule has 1 aromatic carbocycles. The Balaban J connectivity index is 3.12. The van der Waals surface area contributed by atoms with Crippen molar-refractivity contribution in [2.75, 3.05) is 0 Å². The Morgan fingerprint density at radius 3 is 2.67 bits per heavy atom. The fourth-order valence-electron chi connectivity index (χ4n) is 1.08. The maximum absolute atomic E-state index is 10.4. The minimum absolute atomic E-state index is 0.173. The van der Waals surface area contributed by atoms with Gasteiger partial charge in [-0.3, -0.25) is 10.1 Å². The van der Waals surface area contributed by atoms with Gasteiger partial charge in [0.05, 0.1) is 4.92 Å². The first-order valence-electron chi connectivity index (χ1n) is 3.68. The van der Waals surface area contributed by atoms with E-state index in [1.165, 1.54) is 6.07 Å². The number of nitro groups is 1. The molecule has 0 saturated carbocycles. The van der Waals surface area contributed by atoms with Gasteiger partial charge in [0.2, 0.25) is 0 Å². The summed E-state index contributed by atoms with van der Waals surface area (Å²) in [4.78, 5) is 10.0. The lowest BCUT2D eigenvalue weighted by Crippen LogP contribution is -1.92. The van der Waals surface area contributed by atoms with Crippen molar-refractivity contribution in [3.8, 4) is 0 Å². The summed E-state index contributed by atoms with van der Waals surface area (Å²) in [6.45, 7) is 5.44. The van der Waals surface area contributed by atoms with Crippen LogP contribution in [0.2, 0.25) is 0 Å². The van der Waals surface area contributed by atoms with E-state index in [4.69, 9.17) is 0 Å². The van der Waals surface area contributed by atoms with Crippen molar-refractivity contribution < 1.29 is 4.92 Å². The summed E-state index contributed by atoms with van der Waals surface area (Å²) in [7, 11) is 0. The maximum atomic E-state index is 10.4. The number of hydrogen-bond acceptors (Lipinski definition) is 2. The van der Waals surface area contributed by atoms with Crippen molar-refractivity contribution in [1.29, 1.82) is 0 Å². The zero-order valence-electron chi connectivity index (χ0n) is 6.91. The van der Waals surface area contributed by atoms with Crippen molar-refractivity contribution in [1.82, 2.24) is 0 Å². The molecule has 0 saturated heterocycles. The van der Waals surface area contributed by atoms with Crippen molar-refractivity contribution in [2.24, 2.45) is 0 Å². The molecule has 0 fully saturated rings. The predicted molar refractivity (Wildman–Crippen MR) is 46.9 cm³/mol. The molecule has 1 aromatic rings. The van der Waals surface area contributed by atoms with E-state index in [0.717, 1.165) is 5.56 Å². The second kappa shape index (κ2) is 3.34. The Labute approximate surface area is 71.2 Å². The Morgan fingerprint density at radius 1 is 1.58 bits per heavy atom. The zero-order valence-corrected chi connectivity index (χ0v) is 6.91. The van der Waals surface area contributed by atoms with Crippen molar-refractivity contribution in [2.45, 2.75) is 13.3 Å². The summed E-state index contributed by atoms with van der Waals surface area (Å²) in [6.07, 6.45) is 0.666. The summed E-state index contributed by atoms with van der Waals surface area (Å²) in [5, 5.41) is 10.4. The van der Waals surface area contributed by atoms with Crippen LogP contribution in [0.4, 0.5) is 5.69 Å². The molecule has 1 radical (unpaired) electrons. The predicted octanol–water partition coefficient (Wildman–Crippen LogP) is 2.28. The normalized spacial score (nSPS) is 9.83. The van der Waals surface area contributed by atoms with E-state index >= 15 is 0 Å². The molecule has 12 heavy (non-hydrogen) atoms. The van der Waals surface area contributed by atoms with Gasteiger partial charge in [-0.15, -0.1) is 0 Å². The first kappa shape index (κ1) is 8.71. The van der Waals surface area contributed by atoms with Gasteiger partial charge in [0.15, 0.2) is 0 Å². The number of rotatable bonds is 2. The molecule has 0 heterocycles. The molecule has 0 aliphatic heterocycles. The highest BCUT2D eigenvalue weighted by atomic mass is 16.6. The van der Waals surface area contributed by atoms with Crippen LogP contribution in [-0.2, 0) is 6.42 Å². The van der Waals surface area contributed by atoms with Crippen LogP contribution in [0.1, 0.15) is 11.1 Å². The first-order chi connectivity index (χ1) is 5.65. The topological polar surface area (TPSA) is 43.1 Å². The molecule has 0 bridgehead atoms. The fraction of sp³-hybridized carbons (Fsp3) is 0.222. The summed E-state index contributed by atoms with van der Waals surface area (Å²) in [6, 6.07) is 5.05. The Bertz CT molecular complexity index is 307. The molecule has 0 unspecified atom stereocenters. The average molecular weight is 164 g/mol. The van der Waals surface area contributed by atoms with Gasteiger partial charge in [-0.25, -0.2) is 0 Å². The third kappa shape index (κ3) is 1.61. The van der Waals surface area contributed by atoms with Crippen molar-refractivity contribution >= 4 is 5.69 Å². The van der Waals surface area contributed by atoms with Crippen LogP contribution in [0.15, 0.2) is 18.2 Å². The maximum Gasteiger partial charge on any atom is 0.272 e. The Hall–Kier alpha value is -1.38. The summed E-state index contributed by atoms with van der Waals surface area (Å²) in [5.74, 6) is 0. The van der Waals surface area contributed by atoms with Crippen LogP contribution in [-0.4, -0.2) is 4.92 Å². The molecule has 63 valence electrons. The quantitative estimate of drug-likeness (QED) is 0.497. The van der Waals surface area contributed by atoms with Gasteiger partial charge in [0, 0.05) is 11.6 Å². The highest BCUT2D eigenvalue weighted by molar-refractivity contribution is 5.41. The molecular weight excluding hydrogens is 154 g/mol. The second-order valence-electron chi connectivity index (χ2n) is 2.63. The monoisotopic (exact) mass is 164 g/mol. The van der Waals surface area contributed by atoms with Gasteiger partial charge in [-0.1, -0.05) is 6.07 Å². The SMILES string of the molecule is [CH2]Cc1ccc([N+](=O)[O-])c(C)c1. The van der Waals surface area contributed by atoms with Gasteiger partial charge in [-0.05, 0) is 31.9 Å². The van der Waals surface area contributed by atoms with E-state index in [1.54, 1.807) is 19.1 Å². The minimum Gasteiger partial charge on any atom is -0.258 e. The first-order valence-corrected chi connectivity index (χ1v) is 3.68. The van der Waals surface area contributed by atoms with Gasteiger partial charge in [0.1, 0.15) is 0 Å². The third-order valence-corrected chi connectivity index (χ3v) is 1.75.